The highest BCUT2D eigenvalue weighted by atomic mass is 32.2. The molecule has 2 aromatic rings. The Morgan fingerprint density at radius 3 is 2.82 bits per heavy atom. The number of thioether (sulfide) groups is 1. The number of amides is 1. The molecule has 0 spiro atoms. The van der Waals surface area contributed by atoms with E-state index in [1.165, 1.54) is 11.8 Å². The van der Waals surface area contributed by atoms with Crippen LogP contribution in [0, 0.1) is 0 Å². The van der Waals surface area contributed by atoms with Crippen LogP contribution in [0.4, 0.5) is 0 Å². The lowest BCUT2D eigenvalue weighted by atomic mass is 10.2. The van der Waals surface area contributed by atoms with Gasteiger partial charge in [0.25, 0.3) is 0 Å². The van der Waals surface area contributed by atoms with E-state index in [-0.39, 0.29) is 11.9 Å². The molecule has 0 radical (unpaired) electrons. The number of benzene rings is 1. The van der Waals surface area contributed by atoms with E-state index in [0.29, 0.717) is 12.3 Å². The molecule has 1 aromatic heterocycles. The van der Waals surface area contributed by atoms with Crippen molar-refractivity contribution in [3.63, 3.8) is 0 Å². The summed E-state index contributed by atoms with van der Waals surface area (Å²) in [5.41, 5.74) is 2.03. The third-order valence-electron chi connectivity index (χ3n) is 3.61. The highest BCUT2D eigenvalue weighted by molar-refractivity contribution is 7.99. The smallest absolute Gasteiger partial charge is 0.230 e. The maximum absolute atomic E-state index is 12.0. The number of hydrogen-bond acceptors (Lipinski definition) is 3. The molecule has 0 saturated heterocycles. The van der Waals surface area contributed by atoms with Gasteiger partial charge in [-0.15, -0.1) is 6.58 Å². The maximum Gasteiger partial charge on any atom is 0.230 e. The number of hydrogen-bond donors (Lipinski definition) is 1. The van der Waals surface area contributed by atoms with Crippen LogP contribution >= 0.6 is 11.8 Å². The van der Waals surface area contributed by atoms with E-state index in [0.717, 1.165) is 29.0 Å². The summed E-state index contributed by atoms with van der Waals surface area (Å²) >= 11 is 1.48. The van der Waals surface area contributed by atoms with Crippen LogP contribution in [0.5, 0.6) is 0 Å². The molecule has 1 amide bonds. The fraction of sp³-hybridized carbons (Fsp3) is 0.412. The van der Waals surface area contributed by atoms with Gasteiger partial charge in [-0.2, -0.15) is 0 Å². The van der Waals surface area contributed by atoms with E-state index in [4.69, 9.17) is 0 Å². The summed E-state index contributed by atoms with van der Waals surface area (Å²) in [6.07, 6.45) is 3.77. The third kappa shape index (κ3) is 3.91. The normalized spacial score (nSPS) is 11.0. The van der Waals surface area contributed by atoms with Gasteiger partial charge < -0.3 is 9.88 Å². The molecular weight excluding hydrogens is 294 g/mol. The lowest BCUT2D eigenvalue weighted by molar-refractivity contribution is -0.119. The molecule has 0 saturated carbocycles. The number of nitrogens with zero attached hydrogens (tertiary/aromatic N) is 2. The van der Waals surface area contributed by atoms with Crippen molar-refractivity contribution < 1.29 is 4.79 Å². The number of fused-ring (bicyclic) bond motifs is 1. The predicted molar refractivity (Wildman–Crippen MR) is 93.2 cm³/mol. The van der Waals surface area contributed by atoms with Crippen LogP contribution < -0.4 is 5.32 Å². The molecule has 0 aliphatic carbocycles. The standard InChI is InChI=1S/C17H23N3OS/c1-4-11-20-15-10-8-7-9-14(15)19-17(20)22-12-16(21)18-13(5-2)6-3/h4,7-10,13H,1,5-6,11-12H2,2-3H3,(H,18,21). The van der Waals surface area contributed by atoms with Crippen molar-refractivity contribution in [3.8, 4) is 0 Å². The van der Waals surface area contributed by atoms with Crippen LogP contribution in [0.3, 0.4) is 0 Å². The largest absolute Gasteiger partial charge is 0.353 e. The molecule has 0 aliphatic rings. The summed E-state index contributed by atoms with van der Waals surface area (Å²) in [7, 11) is 0. The Bertz CT molecular complexity index is 646. The Kier molecular flexibility index (Phi) is 6.07. The van der Waals surface area contributed by atoms with Gasteiger partial charge in [0.05, 0.1) is 16.8 Å². The minimum atomic E-state index is 0.0657. The summed E-state index contributed by atoms with van der Waals surface area (Å²) in [4.78, 5) is 16.7. The molecule has 4 nitrogen and oxygen atoms in total. The number of rotatable bonds is 8. The van der Waals surface area contributed by atoms with E-state index in [1.807, 2.05) is 30.3 Å². The molecular formula is C17H23N3OS. The van der Waals surface area contributed by atoms with Crippen LogP contribution in [0.25, 0.3) is 11.0 Å². The van der Waals surface area contributed by atoms with Crippen LogP contribution in [0.1, 0.15) is 26.7 Å². The minimum Gasteiger partial charge on any atom is -0.353 e. The van der Waals surface area contributed by atoms with Gasteiger partial charge in [-0.3, -0.25) is 4.79 Å². The SMILES string of the molecule is C=CCn1c(SCC(=O)NC(CC)CC)nc2ccccc21. The van der Waals surface area contributed by atoms with Crippen molar-refractivity contribution in [1.82, 2.24) is 14.9 Å². The zero-order chi connectivity index (χ0) is 15.9. The lowest BCUT2D eigenvalue weighted by Crippen LogP contribution is -2.35. The molecule has 118 valence electrons. The Balaban J connectivity index is 2.09. The molecule has 0 aliphatic heterocycles. The Morgan fingerprint density at radius 2 is 2.14 bits per heavy atom. The van der Waals surface area contributed by atoms with Crippen LogP contribution in [0.2, 0.25) is 0 Å². The van der Waals surface area contributed by atoms with Gasteiger partial charge in [-0.1, -0.05) is 43.8 Å². The molecule has 1 N–H and O–H groups in total. The van der Waals surface area contributed by atoms with Gasteiger partial charge in [0.2, 0.25) is 5.91 Å². The first kappa shape index (κ1) is 16.6. The number of nitrogens with one attached hydrogen (secondary N) is 1. The molecule has 0 bridgehead atoms. The van der Waals surface area contributed by atoms with Gasteiger partial charge in [-0.05, 0) is 25.0 Å². The van der Waals surface area contributed by atoms with Gasteiger partial charge >= 0.3 is 0 Å². The van der Waals surface area contributed by atoms with Gasteiger partial charge in [0.15, 0.2) is 5.16 Å². The van der Waals surface area contributed by atoms with Gasteiger partial charge in [-0.25, -0.2) is 4.98 Å². The quantitative estimate of drug-likeness (QED) is 0.597. The number of imidazole rings is 1. The second-order valence-corrected chi connectivity index (χ2v) is 6.09. The van der Waals surface area contributed by atoms with Crippen molar-refractivity contribution in [3.05, 3.63) is 36.9 Å². The van der Waals surface area contributed by atoms with Crippen molar-refractivity contribution in [1.29, 1.82) is 0 Å². The van der Waals surface area contributed by atoms with Crippen LogP contribution in [0.15, 0.2) is 42.1 Å². The summed E-state index contributed by atoms with van der Waals surface area (Å²) < 4.78 is 2.09. The zero-order valence-corrected chi connectivity index (χ0v) is 14.0. The summed E-state index contributed by atoms with van der Waals surface area (Å²) in [5, 5.41) is 3.92. The molecule has 22 heavy (non-hydrogen) atoms. The number of carbonyl (C=O) groups is 1. The lowest BCUT2D eigenvalue weighted by Gasteiger charge is -2.14. The van der Waals surface area contributed by atoms with E-state index in [9.17, 15) is 4.79 Å². The highest BCUT2D eigenvalue weighted by Crippen LogP contribution is 2.24. The average Bonchev–Trinajstić information content (AvgIpc) is 2.89. The fourth-order valence-corrected chi connectivity index (χ4v) is 3.20. The highest BCUT2D eigenvalue weighted by Gasteiger charge is 2.13. The number of carbonyl (C=O) groups excluding carboxylic acids is 1. The van der Waals surface area contributed by atoms with Gasteiger partial charge in [0, 0.05) is 12.6 Å². The topological polar surface area (TPSA) is 46.9 Å². The van der Waals surface area contributed by atoms with Crippen molar-refractivity contribution >= 4 is 28.7 Å². The number of aromatic nitrogens is 2. The summed E-state index contributed by atoms with van der Waals surface area (Å²) in [5.74, 6) is 0.452. The van der Waals surface area contributed by atoms with Crippen LogP contribution in [-0.4, -0.2) is 27.3 Å². The molecule has 2 rings (SSSR count). The first-order chi connectivity index (χ1) is 10.7. The van der Waals surface area contributed by atoms with Gasteiger partial charge in [0.1, 0.15) is 0 Å². The minimum absolute atomic E-state index is 0.0657. The Labute approximate surface area is 136 Å². The van der Waals surface area contributed by atoms with E-state index < -0.39 is 0 Å². The predicted octanol–water partition coefficient (Wildman–Crippen LogP) is 3.62. The maximum atomic E-state index is 12.0. The Hall–Kier alpha value is -1.75. The monoisotopic (exact) mass is 317 g/mol. The average molecular weight is 317 g/mol. The summed E-state index contributed by atoms with van der Waals surface area (Å²) in [6.45, 7) is 8.67. The zero-order valence-electron chi connectivity index (χ0n) is 13.2. The molecule has 5 heteroatoms. The second kappa shape index (κ2) is 8.03. The molecule has 0 unspecified atom stereocenters. The molecule has 0 fully saturated rings. The van der Waals surface area contributed by atoms with E-state index in [1.54, 1.807) is 0 Å². The van der Waals surface area contributed by atoms with E-state index in [2.05, 4.69) is 35.3 Å². The number of para-hydroxylation sites is 2. The number of allylic oxidation sites excluding steroid dienone is 1. The molecule has 0 atom stereocenters. The molecule has 1 aromatic carbocycles. The first-order valence-corrected chi connectivity index (χ1v) is 8.66. The summed E-state index contributed by atoms with van der Waals surface area (Å²) in [6, 6.07) is 8.27. The third-order valence-corrected chi connectivity index (χ3v) is 4.59. The van der Waals surface area contributed by atoms with Crippen molar-refractivity contribution in [2.45, 2.75) is 44.4 Å². The van der Waals surface area contributed by atoms with E-state index >= 15 is 0 Å². The van der Waals surface area contributed by atoms with Crippen molar-refractivity contribution in [2.75, 3.05) is 5.75 Å². The van der Waals surface area contributed by atoms with Crippen molar-refractivity contribution in [2.24, 2.45) is 0 Å². The fourth-order valence-electron chi connectivity index (χ4n) is 2.36. The molecule has 1 heterocycles. The second-order valence-electron chi connectivity index (χ2n) is 5.15. The Morgan fingerprint density at radius 1 is 1.41 bits per heavy atom. The van der Waals surface area contributed by atoms with Crippen LogP contribution in [-0.2, 0) is 11.3 Å². The first-order valence-electron chi connectivity index (χ1n) is 7.67.